The fourth-order valence-electron chi connectivity index (χ4n) is 0. The SMILES string of the molecule is [Cl][Tm].[Lu].[Yb]. The number of rotatable bonds is 0. The summed E-state index contributed by atoms with van der Waals surface area (Å²) in [7, 11) is 0. The van der Waals surface area contributed by atoms with E-state index in [0.717, 1.165) is 0 Å². The van der Waals surface area contributed by atoms with Gasteiger partial charge in [-0.25, -0.2) is 0 Å². The first-order chi connectivity index (χ1) is 1.00. The smallest absolute Gasteiger partial charge is 0 e. The molecule has 0 aromatic rings. The molecule has 0 amide bonds. The maximum Gasteiger partial charge on any atom is 0 e. The van der Waals surface area contributed by atoms with Crippen LogP contribution in [-0.2, 0) is 0 Å². The zero-order chi connectivity index (χ0) is 2.00. The zero-order valence-corrected chi connectivity index (χ0v) is 7.09. The number of hydrogen-bond acceptors (Lipinski definition) is 0. The van der Waals surface area contributed by atoms with Crippen molar-refractivity contribution in [2.75, 3.05) is 0 Å². The quantitative estimate of drug-likeness (QED) is 0.415. The summed E-state index contributed by atoms with van der Waals surface area (Å²) in [6, 6.07) is 0. The minimum Gasteiger partial charge on any atom is 0 e. The molecule has 0 spiro atoms. The second kappa shape index (κ2) is 15.7. The van der Waals surface area contributed by atoms with Gasteiger partial charge >= 0.3 is 40.0 Å². The average Bonchev–Trinajstić information content (AvgIpc) is 1.00. The Morgan fingerprint density at radius 3 is 1.25 bits per heavy atom. The standard InChI is InChI=1S/ClH.Lu.Tm.Yb/h1H;;;/q;;+1;/p-1. The van der Waals surface area contributed by atoms with Crippen molar-refractivity contribution in [3.8, 4) is 0 Å². The Labute approximate surface area is 120 Å². The van der Waals surface area contributed by atoms with E-state index in [1.165, 1.54) is 0 Å². The summed E-state index contributed by atoms with van der Waals surface area (Å²) < 4.78 is 0. The molecule has 0 saturated carbocycles. The largest absolute Gasteiger partial charge is 0 e. The van der Waals surface area contributed by atoms with Crippen molar-refractivity contribution in [2.45, 2.75) is 0 Å². The molecule has 0 nitrogen and oxygen atoms in total. The van der Waals surface area contributed by atoms with Crippen LogP contribution >= 0.6 is 6.55 Å². The Balaban J connectivity index is -0.00000000500. The van der Waals surface area contributed by atoms with Gasteiger partial charge < -0.3 is 0 Å². The van der Waals surface area contributed by atoms with Crippen LogP contribution in [0.25, 0.3) is 0 Å². The van der Waals surface area contributed by atoms with Crippen LogP contribution in [0, 0.1) is 117 Å². The van der Waals surface area contributed by atoms with Gasteiger partial charge in [-0.3, -0.25) is 0 Å². The summed E-state index contributed by atoms with van der Waals surface area (Å²) in [6.45, 7) is 4.53. The van der Waals surface area contributed by atoms with E-state index in [4.69, 9.17) is 0 Å². The molecule has 0 aliphatic carbocycles. The van der Waals surface area contributed by atoms with Gasteiger partial charge in [0.15, 0.2) is 0 Å². The van der Waals surface area contributed by atoms with Crippen LogP contribution in [-0.4, -0.2) is 0 Å². The molecular weight excluding hydrogens is 552 g/mol. The van der Waals surface area contributed by atoms with E-state index in [1.54, 1.807) is 0 Å². The Hall–Kier alpha value is 4.28. The maximum absolute atomic E-state index is 4.53. The minimum atomic E-state index is 0. The molecule has 0 aromatic heterocycles. The van der Waals surface area contributed by atoms with Gasteiger partial charge in [0, 0.05) is 83.8 Å². The Bertz CT molecular complexity index is 8.00. The van der Waals surface area contributed by atoms with E-state index in [0.29, 0.717) is 0 Å². The normalized spacial score (nSPS) is 1.75. The summed E-state index contributed by atoms with van der Waals surface area (Å²) in [5.74, 6) is 0. The first-order valence-corrected chi connectivity index (χ1v) is 2.33. The van der Waals surface area contributed by atoms with Gasteiger partial charge in [0.05, 0.1) is 0 Å². The van der Waals surface area contributed by atoms with Crippen LogP contribution in [0.5, 0.6) is 0 Å². The average molecular weight is 552 g/mol. The second-order valence-electron chi connectivity index (χ2n) is 0. The zero-order valence-electron chi connectivity index (χ0n) is 1.18. The molecule has 0 aliphatic rings. The van der Waals surface area contributed by atoms with Crippen LogP contribution in [0.3, 0.4) is 0 Å². The molecule has 0 saturated heterocycles. The molecule has 0 N–H and O–H groups in total. The molecule has 0 aromatic carbocycles. The van der Waals surface area contributed by atoms with Crippen molar-refractivity contribution in [2.24, 2.45) is 0 Å². The van der Waals surface area contributed by atoms with E-state index in [-0.39, 0.29) is 83.8 Å². The predicted octanol–water partition coefficient (Wildman–Crippen LogP) is 0.690. The van der Waals surface area contributed by atoms with Crippen molar-refractivity contribution in [3.63, 3.8) is 0 Å². The van der Waals surface area contributed by atoms with Crippen molar-refractivity contribution in [1.82, 2.24) is 0 Å². The molecule has 1 radical (unpaired) electrons. The van der Waals surface area contributed by atoms with Gasteiger partial charge in [0.1, 0.15) is 0 Å². The molecule has 0 atom stereocenters. The minimum absolute atomic E-state index is 0. The summed E-state index contributed by atoms with van der Waals surface area (Å²) in [5.41, 5.74) is 0. The third-order valence-corrected chi connectivity index (χ3v) is 0. The fourth-order valence-corrected chi connectivity index (χ4v) is 0. The number of halogens is 1. The van der Waals surface area contributed by atoms with Gasteiger partial charge in [0.25, 0.3) is 0 Å². The van der Waals surface area contributed by atoms with Gasteiger partial charge in [-0.15, -0.1) is 0 Å². The molecule has 4 heteroatoms. The third-order valence-electron chi connectivity index (χ3n) is 0. The Morgan fingerprint density at radius 1 is 1.25 bits per heavy atom. The van der Waals surface area contributed by atoms with Crippen molar-refractivity contribution in [3.05, 3.63) is 0 Å². The Morgan fingerprint density at radius 2 is 1.25 bits per heavy atom. The van der Waals surface area contributed by atoms with E-state index in [1.807, 2.05) is 33.5 Å². The van der Waals surface area contributed by atoms with Gasteiger partial charge in [-0.1, -0.05) is 0 Å². The molecule has 0 fully saturated rings. The third kappa shape index (κ3) is 9.56. The van der Waals surface area contributed by atoms with Crippen LogP contribution in [0.15, 0.2) is 0 Å². The summed E-state index contributed by atoms with van der Waals surface area (Å²) in [4.78, 5) is 0. The molecule has 4 heavy (non-hydrogen) atoms. The van der Waals surface area contributed by atoms with Crippen molar-refractivity contribution < 1.29 is 117 Å². The molecular formula is ClLuTmYb. The van der Waals surface area contributed by atoms with Crippen molar-refractivity contribution in [1.29, 1.82) is 0 Å². The fraction of sp³-hybridized carbons (Fsp3) is 0. The van der Waals surface area contributed by atoms with Gasteiger partial charge in [-0.05, 0) is 0 Å². The summed E-state index contributed by atoms with van der Waals surface area (Å²) in [5, 5.41) is 0. The van der Waals surface area contributed by atoms with Crippen LogP contribution in [0.4, 0.5) is 0 Å². The number of hydrogen-bond donors (Lipinski definition) is 0. The molecule has 49 valence electrons. The van der Waals surface area contributed by atoms with E-state index in [9.17, 15) is 0 Å². The second-order valence-corrected chi connectivity index (χ2v) is 0. The van der Waals surface area contributed by atoms with Gasteiger partial charge in [-0.2, -0.15) is 0 Å². The van der Waals surface area contributed by atoms with Crippen LogP contribution in [0.2, 0.25) is 0 Å². The Kier molecular flexibility index (Phi) is 61.7. The topological polar surface area (TPSA) is 0 Å². The molecule has 0 rings (SSSR count). The molecule has 0 heterocycles. The molecule has 0 unspecified atom stereocenters. The van der Waals surface area contributed by atoms with Crippen molar-refractivity contribution >= 4 is 6.55 Å². The van der Waals surface area contributed by atoms with Crippen LogP contribution in [0.1, 0.15) is 0 Å². The van der Waals surface area contributed by atoms with E-state index >= 15 is 0 Å². The van der Waals surface area contributed by atoms with Gasteiger partial charge in [0.2, 0.25) is 0 Å². The first kappa shape index (κ1) is 15.7. The predicted molar refractivity (Wildman–Crippen MR) is 5.85 cm³/mol. The van der Waals surface area contributed by atoms with Crippen LogP contribution < -0.4 is 0 Å². The summed E-state index contributed by atoms with van der Waals surface area (Å²) >= 11 is 2.03. The summed E-state index contributed by atoms with van der Waals surface area (Å²) in [6.07, 6.45) is 0. The van der Waals surface area contributed by atoms with E-state index in [2.05, 4.69) is 6.55 Å². The monoisotopic (exact) mass is 553 g/mol. The maximum atomic E-state index is 4.53. The first-order valence-electron chi connectivity index (χ1n) is 0.105. The molecule has 0 aliphatic heterocycles. The van der Waals surface area contributed by atoms with E-state index < -0.39 is 0 Å². The molecule has 0 bridgehead atoms.